The highest BCUT2D eigenvalue weighted by Gasteiger charge is 2.41. The van der Waals surface area contributed by atoms with Crippen molar-refractivity contribution in [1.29, 1.82) is 0 Å². The predicted molar refractivity (Wildman–Crippen MR) is 504 cm³/mol. The molecule has 12 heterocycles. The number of piperidine rings is 1. The van der Waals surface area contributed by atoms with E-state index in [1.807, 2.05) is 150 Å². The Labute approximate surface area is 766 Å². The number of benzene rings is 8. The Bertz CT molecular complexity index is 6790. The zero-order valence-electron chi connectivity index (χ0n) is 75.4. The molecule has 28 heteroatoms. The summed E-state index contributed by atoms with van der Waals surface area (Å²) >= 11 is 0. The van der Waals surface area contributed by atoms with Gasteiger partial charge in [0.1, 0.15) is 90.6 Å². The first-order chi connectivity index (χ1) is 64.7. The first-order valence-electron chi connectivity index (χ1n) is 45.1. The van der Waals surface area contributed by atoms with Crippen LogP contribution in [0.2, 0.25) is 0 Å². The number of morpholine rings is 2. The van der Waals surface area contributed by atoms with Crippen LogP contribution in [0.4, 0.5) is 0 Å². The first-order valence-corrected chi connectivity index (χ1v) is 45.1. The van der Waals surface area contributed by atoms with Crippen molar-refractivity contribution in [3.05, 3.63) is 285 Å². The van der Waals surface area contributed by atoms with E-state index in [-0.39, 0.29) is 72.4 Å². The molecule has 8 aromatic carbocycles. The molecule has 1 amide bonds. The number of aromatic nitrogens is 4. The topological polar surface area (TPSA) is 353 Å². The van der Waals surface area contributed by atoms with Crippen LogP contribution in [0.5, 0.6) is 23.0 Å². The number of amides is 1. The summed E-state index contributed by atoms with van der Waals surface area (Å²) in [6.45, 7) is 23.8. The second-order valence-electron chi connectivity index (χ2n) is 33.3. The maximum absolute atomic E-state index is 13.2. The number of fused-ring (bicyclic) bond motifs is 12. The molecule has 4 unspecified atom stereocenters. The molecule has 4 atom stereocenters. The largest absolute Gasteiger partial charge is 0.507 e. The molecule has 4 fully saturated rings. The molecule has 0 saturated carbocycles. The molecule has 0 spiro atoms. The quantitative estimate of drug-likeness (QED) is 0.0371. The van der Waals surface area contributed by atoms with Crippen molar-refractivity contribution in [3.63, 3.8) is 0 Å². The molecular weight excluding hydrogens is 1690 g/mol. The van der Waals surface area contributed by atoms with Gasteiger partial charge in [-0.3, -0.25) is 44.3 Å². The second-order valence-corrected chi connectivity index (χ2v) is 33.3. The number of esters is 3. The van der Waals surface area contributed by atoms with Gasteiger partial charge in [0.05, 0.1) is 70.4 Å². The lowest BCUT2D eigenvalue weighted by Crippen LogP contribution is -2.49. The van der Waals surface area contributed by atoms with Gasteiger partial charge in [-0.2, -0.15) is 0 Å². The number of aryl methyl sites for hydroxylation is 4. The van der Waals surface area contributed by atoms with Crippen molar-refractivity contribution in [1.82, 2.24) is 44.4 Å². The number of hydrogen-bond donors (Lipinski definition) is 5. The minimum atomic E-state index is -1.06. The fourth-order valence-corrected chi connectivity index (χ4v) is 19.8. The van der Waals surface area contributed by atoms with E-state index >= 15 is 0 Å². The Morgan fingerprint density at radius 1 is 0.331 bits per heavy atom. The van der Waals surface area contributed by atoms with Gasteiger partial charge in [0.2, 0.25) is 5.91 Å². The third kappa shape index (κ3) is 17.5. The number of hydrogen-bond acceptors (Lipinski definition) is 26. The molecule has 4 aliphatic heterocycles. The molecular formula is C105H105N9O19. The molecule has 0 aliphatic carbocycles. The number of furan rings is 4. The number of piperazine rings is 1. The number of nitrogens with zero attached hydrogens (tertiary/aromatic N) is 9. The van der Waals surface area contributed by atoms with Crippen molar-refractivity contribution < 1.29 is 90.9 Å². The molecule has 5 N–H and O–H groups in total. The fraction of sp³-hybridized carbons (Fsp3) is 0.305. The highest BCUT2D eigenvalue weighted by Crippen LogP contribution is 2.54. The second kappa shape index (κ2) is 39.9. The van der Waals surface area contributed by atoms with Crippen molar-refractivity contribution >= 4 is 117 Å². The van der Waals surface area contributed by atoms with Gasteiger partial charge < -0.3 is 71.8 Å². The van der Waals surface area contributed by atoms with Crippen LogP contribution >= 0.6 is 0 Å². The Morgan fingerprint density at radius 2 is 0.571 bits per heavy atom. The number of aromatic hydroxyl groups is 4. The average Bonchev–Trinajstić information content (AvgIpc) is 1.61. The minimum absolute atomic E-state index is 0.0427. The van der Waals surface area contributed by atoms with Gasteiger partial charge in [-0.1, -0.05) is 103 Å². The van der Waals surface area contributed by atoms with Crippen LogP contribution in [0, 0.1) is 27.7 Å². The number of carboxylic acid groups (broad SMARTS) is 1. The summed E-state index contributed by atoms with van der Waals surface area (Å²) in [5, 5.41) is 64.6. The Balaban J connectivity index is 0.000000124. The van der Waals surface area contributed by atoms with Crippen LogP contribution in [0.1, 0.15) is 180 Å². The van der Waals surface area contributed by atoms with E-state index in [0.717, 1.165) is 64.3 Å². The maximum Gasteiger partial charge on any atom is 0.342 e. The minimum Gasteiger partial charge on any atom is -0.507 e. The number of carbonyl (C=O) groups excluding carboxylic acids is 4. The van der Waals surface area contributed by atoms with Crippen LogP contribution in [-0.2, 0) is 28.5 Å². The van der Waals surface area contributed by atoms with E-state index < -0.39 is 29.9 Å². The van der Waals surface area contributed by atoms with Gasteiger partial charge in [-0.15, -0.1) is 0 Å². The molecule has 8 aromatic heterocycles. The van der Waals surface area contributed by atoms with Crippen molar-refractivity contribution in [2.45, 2.75) is 98.8 Å². The number of carbonyl (C=O) groups is 5. The summed E-state index contributed by atoms with van der Waals surface area (Å²) in [7, 11) is 0. The molecule has 133 heavy (non-hydrogen) atoms. The average molecular weight is 1800 g/mol. The monoisotopic (exact) mass is 1800 g/mol. The molecule has 4 saturated heterocycles. The standard InChI is InChI=1S/C28H29N3O5.2C26H26N2O5.C25H24N2O4/c1-4-35-28(34)22-17(2)36-27-21-8-6-5-7-20(21)26(33)24(23(22)27)25(19-9-11-29-12-10-19)31-15-13-30(14-16-31)18(3)32;2*1-3-32-26(30)20-16(2)33-25-19-7-5-4-6-18(19)24(29)22(21(20)25)23(17-8-10-27-11-9-17)28-12-14-31-15-13-28;1-15-19(25(29)30)20-21(23(28)17-7-3-4-8-18(17)24(20)31-15)22(16-9-11-26-12-10-16)27-13-5-2-6-14-27/h5-12,25,33H,4,13-16H2,1-3H3;2*4-11,23,29H,3,12-15H2,1-2H3;3-4,7-12,22,28H,2,5-6,13-14H2,1H3,(H,29,30). The lowest BCUT2D eigenvalue weighted by Gasteiger charge is -2.40. The van der Waals surface area contributed by atoms with Crippen LogP contribution in [0.3, 0.4) is 0 Å². The number of rotatable bonds is 19. The molecule has 0 bridgehead atoms. The summed E-state index contributed by atoms with van der Waals surface area (Å²) in [5.41, 5.74) is 9.63. The van der Waals surface area contributed by atoms with Crippen molar-refractivity contribution in [3.8, 4) is 23.0 Å². The molecule has 16 aromatic rings. The van der Waals surface area contributed by atoms with Crippen LogP contribution in [-0.4, -0.2) is 211 Å². The zero-order valence-corrected chi connectivity index (χ0v) is 75.4. The molecule has 0 radical (unpaired) electrons. The Hall–Kier alpha value is -14.1. The zero-order chi connectivity index (χ0) is 92.8. The smallest absolute Gasteiger partial charge is 0.342 e. The number of phenolic OH excluding ortho intramolecular Hbond substituents is 4. The van der Waals surface area contributed by atoms with Gasteiger partial charge >= 0.3 is 23.9 Å². The highest BCUT2D eigenvalue weighted by molar-refractivity contribution is 6.20. The van der Waals surface area contributed by atoms with Crippen molar-refractivity contribution in [2.75, 3.05) is 112 Å². The molecule has 684 valence electrons. The predicted octanol–water partition coefficient (Wildman–Crippen LogP) is 18.9. The van der Waals surface area contributed by atoms with E-state index in [0.29, 0.717) is 212 Å². The number of ether oxygens (including phenoxy) is 5. The number of aromatic carboxylic acids is 1. The third-order valence-electron chi connectivity index (χ3n) is 25.7. The summed E-state index contributed by atoms with van der Waals surface area (Å²) in [5.74, 6) is -0.219. The van der Waals surface area contributed by atoms with E-state index in [4.69, 9.17) is 41.4 Å². The highest BCUT2D eigenvalue weighted by atomic mass is 16.5. The van der Waals surface area contributed by atoms with Gasteiger partial charge in [0.15, 0.2) is 0 Å². The lowest BCUT2D eigenvalue weighted by molar-refractivity contribution is -0.130. The number of pyridine rings is 4. The number of likely N-dealkylation sites (tertiary alicyclic amines) is 1. The molecule has 20 rings (SSSR count). The SMILES string of the molecule is CCOC(=O)c1c(C)oc2c1c(C(c1ccncc1)N1CCN(C(C)=O)CC1)c(O)c1ccccc12.CCOC(=O)c1c(C)oc2c1c(C(c1ccncc1)N1CCOCC1)c(O)c1ccccc12.CCOC(=O)c1c(C)oc2c1c(C(c1ccncc1)N1CCOCC1)c(O)c1ccccc12.Cc1oc2c(c1C(=O)O)c(C(c1ccncc1)N1CCCCC1)c(O)c1ccccc12. The Morgan fingerprint density at radius 3 is 0.827 bits per heavy atom. The fourth-order valence-electron chi connectivity index (χ4n) is 19.8. The summed E-state index contributed by atoms with van der Waals surface area (Å²) in [6.07, 6.45) is 17.2. The van der Waals surface area contributed by atoms with E-state index in [1.165, 1.54) is 6.42 Å². The van der Waals surface area contributed by atoms with Crippen LogP contribution in [0.25, 0.3) is 87.0 Å². The number of phenols is 4. The summed E-state index contributed by atoms with van der Waals surface area (Å²) in [6, 6.07) is 44.2. The maximum atomic E-state index is 13.2. The van der Waals surface area contributed by atoms with E-state index in [1.54, 1.807) is 105 Å². The van der Waals surface area contributed by atoms with Gasteiger partial charge in [0, 0.05) is 196 Å². The van der Waals surface area contributed by atoms with Gasteiger partial charge in [0.25, 0.3) is 0 Å². The van der Waals surface area contributed by atoms with Gasteiger partial charge in [-0.05, 0) is 145 Å². The molecule has 4 aliphatic rings. The van der Waals surface area contributed by atoms with Gasteiger partial charge in [-0.25, -0.2) is 19.2 Å². The third-order valence-corrected chi connectivity index (χ3v) is 25.7. The van der Waals surface area contributed by atoms with Crippen molar-refractivity contribution in [2.24, 2.45) is 0 Å². The first kappa shape index (κ1) is 90.8. The summed E-state index contributed by atoms with van der Waals surface area (Å²) < 4.78 is 52.0. The summed E-state index contributed by atoms with van der Waals surface area (Å²) in [4.78, 5) is 91.1. The Kier molecular flexibility index (Phi) is 27.2. The number of carboxylic acids is 1. The normalized spacial score (nSPS) is 15.7. The van der Waals surface area contributed by atoms with Crippen LogP contribution < -0.4 is 0 Å². The van der Waals surface area contributed by atoms with E-state index in [9.17, 15) is 49.5 Å². The lowest BCUT2D eigenvalue weighted by atomic mass is 9.88. The molecule has 28 nitrogen and oxygen atoms in total. The van der Waals surface area contributed by atoms with E-state index in [2.05, 4.69) is 39.5 Å². The van der Waals surface area contributed by atoms with Crippen LogP contribution in [0.15, 0.2) is 213 Å².